The van der Waals surface area contributed by atoms with Crippen LogP contribution in [0.3, 0.4) is 0 Å². The highest BCUT2D eigenvalue weighted by atomic mass is 16.5. The summed E-state index contributed by atoms with van der Waals surface area (Å²) in [4.78, 5) is 30.1. The molecule has 3 heterocycles. The monoisotopic (exact) mass is 367 g/mol. The lowest BCUT2D eigenvalue weighted by Crippen LogP contribution is -2.43. The van der Waals surface area contributed by atoms with Crippen LogP contribution in [0.2, 0.25) is 0 Å². The number of carbonyl (C=O) groups is 2. The Morgan fingerprint density at radius 2 is 2.11 bits per heavy atom. The molecule has 0 aliphatic carbocycles. The SMILES string of the molecule is O=C(O)C1c2ccccc2CCN1C(=O)CCc1nc(-c2ccoc2)no1. The number of hydrogen-bond donors (Lipinski definition) is 1. The Morgan fingerprint density at radius 1 is 1.26 bits per heavy atom. The Hall–Kier alpha value is -3.42. The molecule has 138 valence electrons. The van der Waals surface area contributed by atoms with Crippen LogP contribution < -0.4 is 0 Å². The second-order valence-corrected chi connectivity index (χ2v) is 6.30. The van der Waals surface area contributed by atoms with E-state index in [1.165, 1.54) is 17.4 Å². The van der Waals surface area contributed by atoms with Crippen molar-refractivity contribution in [2.24, 2.45) is 0 Å². The smallest absolute Gasteiger partial charge is 0.331 e. The number of carboxylic acids is 1. The normalized spacial score (nSPS) is 16.1. The Kier molecular flexibility index (Phi) is 4.45. The molecule has 8 nitrogen and oxygen atoms in total. The van der Waals surface area contributed by atoms with Crippen LogP contribution >= 0.6 is 0 Å². The van der Waals surface area contributed by atoms with Gasteiger partial charge in [-0.15, -0.1) is 0 Å². The summed E-state index contributed by atoms with van der Waals surface area (Å²) >= 11 is 0. The summed E-state index contributed by atoms with van der Waals surface area (Å²) < 4.78 is 10.1. The van der Waals surface area contributed by atoms with Gasteiger partial charge in [-0.25, -0.2) is 4.79 Å². The third-order valence-electron chi connectivity index (χ3n) is 4.64. The molecule has 3 aromatic rings. The van der Waals surface area contributed by atoms with Crippen molar-refractivity contribution in [2.75, 3.05) is 6.54 Å². The molecule has 0 saturated carbocycles. The van der Waals surface area contributed by atoms with Gasteiger partial charge >= 0.3 is 5.97 Å². The average molecular weight is 367 g/mol. The van der Waals surface area contributed by atoms with Crippen molar-refractivity contribution in [3.05, 3.63) is 59.9 Å². The molecule has 0 fully saturated rings. The number of aromatic nitrogens is 2. The number of benzene rings is 1. The van der Waals surface area contributed by atoms with E-state index in [4.69, 9.17) is 8.94 Å². The lowest BCUT2D eigenvalue weighted by Gasteiger charge is -2.34. The molecule has 1 N–H and O–H groups in total. The van der Waals surface area contributed by atoms with Crippen LogP contribution in [0.1, 0.15) is 29.5 Å². The molecule has 1 aromatic carbocycles. The maximum atomic E-state index is 12.7. The zero-order valence-corrected chi connectivity index (χ0v) is 14.4. The van der Waals surface area contributed by atoms with E-state index in [0.717, 1.165) is 5.56 Å². The highest BCUT2D eigenvalue weighted by molar-refractivity contribution is 5.85. The molecule has 0 saturated heterocycles. The zero-order chi connectivity index (χ0) is 18.8. The predicted molar refractivity (Wildman–Crippen MR) is 92.6 cm³/mol. The van der Waals surface area contributed by atoms with Crippen molar-refractivity contribution in [2.45, 2.75) is 25.3 Å². The average Bonchev–Trinajstić information content (AvgIpc) is 3.36. The lowest BCUT2D eigenvalue weighted by atomic mass is 9.92. The minimum Gasteiger partial charge on any atom is -0.479 e. The van der Waals surface area contributed by atoms with E-state index in [2.05, 4.69) is 10.1 Å². The van der Waals surface area contributed by atoms with Crippen molar-refractivity contribution >= 4 is 11.9 Å². The van der Waals surface area contributed by atoms with Crippen molar-refractivity contribution in [1.29, 1.82) is 0 Å². The number of furan rings is 1. The van der Waals surface area contributed by atoms with Gasteiger partial charge in [0, 0.05) is 19.4 Å². The number of aryl methyl sites for hydroxylation is 1. The number of nitrogens with zero attached hydrogens (tertiary/aromatic N) is 3. The zero-order valence-electron chi connectivity index (χ0n) is 14.4. The summed E-state index contributed by atoms with van der Waals surface area (Å²) in [5, 5.41) is 13.5. The van der Waals surface area contributed by atoms with E-state index in [0.29, 0.717) is 35.8 Å². The molecular weight excluding hydrogens is 350 g/mol. The quantitative estimate of drug-likeness (QED) is 0.737. The first-order valence-electron chi connectivity index (χ1n) is 8.58. The fraction of sp³-hybridized carbons (Fsp3) is 0.263. The van der Waals surface area contributed by atoms with Crippen molar-refractivity contribution in [3.8, 4) is 11.4 Å². The fourth-order valence-corrected chi connectivity index (χ4v) is 3.32. The number of fused-ring (bicyclic) bond motifs is 1. The summed E-state index contributed by atoms with van der Waals surface area (Å²) in [6, 6.07) is 8.08. The topological polar surface area (TPSA) is 110 Å². The van der Waals surface area contributed by atoms with Gasteiger partial charge in [0.1, 0.15) is 6.26 Å². The van der Waals surface area contributed by atoms with E-state index in [9.17, 15) is 14.7 Å². The highest BCUT2D eigenvalue weighted by Gasteiger charge is 2.35. The molecule has 0 radical (unpaired) electrons. The van der Waals surface area contributed by atoms with Crippen LogP contribution in [-0.2, 0) is 22.4 Å². The second kappa shape index (κ2) is 7.06. The predicted octanol–water partition coefficient (Wildman–Crippen LogP) is 2.47. The number of carbonyl (C=O) groups excluding carboxylic acids is 1. The lowest BCUT2D eigenvalue weighted by molar-refractivity contribution is -0.151. The first-order chi connectivity index (χ1) is 13.1. The maximum Gasteiger partial charge on any atom is 0.331 e. The first-order valence-corrected chi connectivity index (χ1v) is 8.58. The van der Waals surface area contributed by atoms with E-state index in [-0.39, 0.29) is 18.7 Å². The number of rotatable bonds is 5. The van der Waals surface area contributed by atoms with E-state index in [1.54, 1.807) is 18.2 Å². The number of aliphatic carboxylic acids is 1. The van der Waals surface area contributed by atoms with Gasteiger partial charge in [-0.1, -0.05) is 29.4 Å². The molecule has 27 heavy (non-hydrogen) atoms. The minimum absolute atomic E-state index is 0.0962. The second-order valence-electron chi connectivity index (χ2n) is 6.30. The molecular formula is C19H17N3O5. The Morgan fingerprint density at radius 3 is 2.89 bits per heavy atom. The summed E-state index contributed by atoms with van der Waals surface area (Å²) in [7, 11) is 0. The minimum atomic E-state index is -1.03. The van der Waals surface area contributed by atoms with Crippen LogP contribution in [-0.4, -0.2) is 38.6 Å². The van der Waals surface area contributed by atoms with Gasteiger partial charge in [0.2, 0.25) is 17.6 Å². The number of amides is 1. The van der Waals surface area contributed by atoms with Crippen molar-refractivity contribution in [1.82, 2.24) is 15.0 Å². The van der Waals surface area contributed by atoms with Gasteiger partial charge in [-0.05, 0) is 23.6 Å². The molecule has 4 rings (SSSR count). The van der Waals surface area contributed by atoms with E-state index < -0.39 is 12.0 Å². The fourth-order valence-electron chi connectivity index (χ4n) is 3.32. The Balaban J connectivity index is 1.46. The van der Waals surface area contributed by atoms with Gasteiger partial charge in [0.15, 0.2) is 6.04 Å². The number of hydrogen-bond acceptors (Lipinski definition) is 6. The van der Waals surface area contributed by atoms with Gasteiger partial charge < -0.3 is 18.9 Å². The molecule has 1 amide bonds. The molecule has 1 atom stereocenters. The van der Waals surface area contributed by atoms with Gasteiger partial charge in [-0.3, -0.25) is 4.79 Å². The molecule has 1 unspecified atom stereocenters. The highest BCUT2D eigenvalue weighted by Crippen LogP contribution is 2.30. The van der Waals surface area contributed by atoms with E-state index in [1.807, 2.05) is 12.1 Å². The van der Waals surface area contributed by atoms with Gasteiger partial charge in [0.05, 0.1) is 11.8 Å². The van der Waals surface area contributed by atoms with Crippen LogP contribution in [0.5, 0.6) is 0 Å². The first kappa shape index (κ1) is 17.0. The Labute approximate surface area is 154 Å². The molecule has 2 aromatic heterocycles. The van der Waals surface area contributed by atoms with Gasteiger partial charge in [-0.2, -0.15) is 4.98 Å². The molecule has 1 aliphatic rings. The third-order valence-corrected chi connectivity index (χ3v) is 4.64. The molecule has 0 spiro atoms. The third kappa shape index (κ3) is 3.33. The van der Waals surface area contributed by atoms with E-state index >= 15 is 0 Å². The van der Waals surface area contributed by atoms with Crippen LogP contribution in [0, 0.1) is 0 Å². The standard InChI is InChI=1S/C19H17N3O5/c23-16(6-5-15-20-18(21-27-15)13-8-10-26-11-13)22-9-7-12-3-1-2-4-14(12)17(22)19(24)25/h1-4,8,10-11,17H,5-7,9H2,(H,24,25). The van der Waals surface area contributed by atoms with Crippen LogP contribution in [0.25, 0.3) is 11.4 Å². The summed E-state index contributed by atoms with van der Waals surface area (Å²) in [6.45, 7) is 0.372. The Bertz CT molecular complexity index is 963. The number of carboxylic acid groups (broad SMARTS) is 1. The van der Waals surface area contributed by atoms with Crippen LogP contribution in [0.4, 0.5) is 0 Å². The maximum absolute atomic E-state index is 12.7. The summed E-state index contributed by atoms with van der Waals surface area (Å²) in [6.07, 6.45) is 3.99. The van der Waals surface area contributed by atoms with Crippen molar-refractivity contribution in [3.63, 3.8) is 0 Å². The largest absolute Gasteiger partial charge is 0.479 e. The molecule has 8 heteroatoms. The summed E-state index contributed by atoms with van der Waals surface area (Å²) in [5.74, 6) is -0.569. The van der Waals surface area contributed by atoms with Crippen molar-refractivity contribution < 1.29 is 23.6 Å². The molecule has 0 bridgehead atoms. The van der Waals surface area contributed by atoms with Gasteiger partial charge in [0.25, 0.3) is 0 Å². The molecule has 1 aliphatic heterocycles. The van der Waals surface area contributed by atoms with Crippen LogP contribution in [0.15, 0.2) is 51.8 Å². The summed E-state index contributed by atoms with van der Waals surface area (Å²) in [5.41, 5.74) is 2.33.